The van der Waals surface area contributed by atoms with Crippen molar-refractivity contribution in [2.75, 3.05) is 13.1 Å². The van der Waals surface area contributed by atoms with E-state index >= 15 is 0 Å². The highest BCUT2D eigenvalue weighted by atomic mass is 16.5. The highest BCUT2D eigenvalue weighted by Gasteiger charge is 2.23. The number of benzene rings is 1. The Morgan fingerprint density at radius 3 is 2.82 bits per heavy atom. The zero-order valence-electron chi connectivity index (χ0n) is 13.9. The fourth-order valence-corrected chi connectivity index (χ4v) is 2.81. The Labute approximate surface area is 133 Å². The van der Waals surface area contributed by atoms with E-state index in [-0.39, 0.29) is 11.9 Å². The third-order valence-corrected chi connectivity index (χ3v) is 4.12. The van der Waals surface area contributed by atoms with Gasteiger partial charge in [-0.25, -0.2) is 0 Å². The van der Waals surface area contributed by atoms with Crippen LogP contribution in [0, 0.1) is 0 Å². The lowest BCUT2D eigenvalue weighted by molar-refractivity contribution is -0.129. The molecular weight excluding hydrogens is 276 g/mol. The first-order chi connectivity index (χ1) is 10.6. The maximum atomic E-state index is 12.5. The van der Waals surface area contributed by atoms with Crippen molar-refractivity contribution in [1.82, 2.24) is 10.6 Å². The smallest absolute Gasteiger partial charge is 0.261 e. The molecule has 1 heterocycles. The van der Waals surface area contributed by atoms with Crippen molar-refractivity contribution >= 4 is 5.91 Å². The van der Waals surface area contributed by atoms with Gasteiger partial charge in [0, 0.05) is 12.6 Å². The number of rotatable bonds is 6. The summed E-state index contributed by atoms with van der Waals surface area (Å²) in [6, 6.07) is 8.20. The minimum Gasteiger partial charge on any atom is -0.480 e. The molecule has 0 saturated carbocycles. The largest absolute Gasteiger partial charge is 0.480 e. The molecule has 0 radical (unpaired) electrons. The third-order valence-electron chi connectivity index (χ3n) is 4.12. The topological polar surface area (TPSA) is 50.4 Å². The van der Waals surface area contributed by atoms with E-state index in [9.17, 15) is 4.79 Å². The predicted octanol–water partition coefficient (Wildman–Crippen LogP) is 2.84. The molecule has 0 aromatic heterocycles. The van der Waals surface area contributed by atoms with E-state index in [1.165, 1.54) is 0 Å². The van der Waals surface area contributed by atoms with Gasteiger partial charge >= 0.3 is 0 Å². The monoisotopic (exact) mass is 304 g/mol. The summed E-state index contributed by atoms with van der Waals surface area (Å²) in [5.74, 6) is 1.19. The number of hydrogen-bond acceptors (Lipinski definition) is 3. The van der Waals surface area contributed by atoms with E-state index < -0.39 is 6.10 Å². The second-order valence-electron chi connectivity index (χ2n) is 6.26. The van der Waals surface area contributed by atoms with Crippen LogP contribution in [0.4, 0.5) is 0 Å². The average Bonchev–Trinajstić information content (AvgIpc) is 2.53. The molecule has 1 fully saturated rings. The van der Waals surface area contributed by atoms with E-state index in [2.05, 4.69) is 30.5 Å². The summed E-state index contributed by atoms with van der Waals surface area (Å²) in [6.45, 7) is 8.15. The molecule has 0 spiro atoms. The summed E-state index contributed by atoms with van der Waals surface area (Å²) in [7, 11) is 0. The Bertz CT molecular complexity index is 482. The van der Waals surface area contributed by atoms with Crippen LogP contribution in [0.25, 0.3) is 0 Å². The van der Waals surface area contributed by atoms with E-state index in [0.29, 0.717) is 12.3 Å². The van der Waals surface area contributed by atoms with Crippen molar-refractivity contribution in [2.24, 2.45) is 0 Å². The molecule has 4 nitrogen and oxygen atoms in total. The lowest BCUT2D eigenvalue weighted by Gasteiger charge is -2.26. The zero-order valence-corrected chi connectivity index (χ0v) is 13.9. The molecule has 1 aromatic rings. The molecule has 0 aliphatic carbocycles. The lowest BCUT2D eigenvalue weighted by atomic mass is 10.0. The first kappa shape index (κ1) is 16.8. The van der Waals surface area contributed by atoms with Crippen molar-refractivity contribution in [1.29, 1.82) is 0 Å². The van der Waals surface area contributed by atoms with Gasteiger partial charge in [-0.05, 0) is 43.4 Å². The SMILES string of the molecule is CCC(Oc1ccccc1C(C)C)C(=O)N[C@H]1CCCNC1. The first-order valence-electron chi connectivity index (χ1n) is 8.38. The molecule has 1 aliphatic heterocycles. The van der Waals surface area contributed by atoms with E-state index in [1.54, 1.807) is 0 Å². The Morgan fingerprint density at radius 1 is 1.41 bits per heavy atom. The number of carbonyl (C=O) groups excluding carboxylic acids is 1. The van der Waals surface area contributed by atoms with Gasteiger partial charge < -0.3 is 15.4 Å². The van der Waals surface area contributed by atoms with Crippen molar-refractivity contribution in [3.05, 3.63) is 29.8 Å². The summed E-state index contributed by atoms with van der Waals surface area (Å²) >= 11 is 0. The molecule has 4 heteroatoms. The molecule has 2 N–H and O–H groups in total. The molecule has 2 atom stereocenters. The second-order valence-corrected chi connectivity index (χ2v) is 6.26. The highest BCUT2D eigenvalue weighted by Crippen LogP contribution is 2.27. The molecule has 22 heavy (non-hydrogen) atoms. The first-order valence-corrected chi connectivity index (χ1v) is 8.38. The van der Waals surface area contributed by atoms with Crippen molar-refractivity contribution < 1.29 is 9.53 Å². The van der Waals surface area contributed by atoms with Crippen molar-refractivity contribution in [3.8, 4) is 5.75 Å². The predicted molar refractivity (Wildman–Crippen MR) is 89.3 cm³/mol. The summed E-state index contributed by atoms with van der Waals surface area (Å²) in [5.41, 5.74) is 1.15. The van der Waals surface area contributed by atoms with Gasteiger partial charge in [-0.15, -0.1) is 0 Å². The Morgan fingerprint density at radius 2 is 2.18 bits per heavy atom. The second kappa shape index (κ2) is 8.18. The number of ether oxygens (including phenoxy) is 1. The van der Waals surface area contributed by atoms with Gasteiger partial charge in [-0.1, -0.05) is 39.0 Å². The number of piperidine rings is 1. The fourth-order valence-electron chi connectivity index (χ4n) is 2.81. The standard InChI is InChI=1S/C18H28N2O2/c1-4-16(18(21)20-14-8-7-11-19-12-14)22-17-10-6-5-9-15(17)13(2)3/h5-6,9-10,13-14,16,19H,4,7-8,11-12H2,1-3H3,(H,20,21)/t14-,16?/m0/s1. The van der Waals surface area contributed by atoms with Crippen LogP contribution in [0.3, 0.4) is 0 Å². The van der Waals surface area contributed by atoms with Gasteiger partial charge in [0.05, 0.1) is 0 Å². The minimum absolute atomic E-state index is 0.00485. The van der Waals surface area contributed by atoms with Gasteiger partial charge in [-0.3, -0.25) is 4.79 Å². The van der Waals surface area contributed by atoms with Gasteiger partial charge in [0.2, 0.25) is 0 Å². The van der Waals surface area contributed by atoms with Crippen LogP contribution >= 0.6 is 0 Å². The van der Waals surface area contributed by atoms with E-state index in [4.69, 9.17) is 4.74 Å². The van der Waals surface area contributed by atoms with Crippen molar-refractivity contribution in [2.45, 2.75) is 58.1 Å². The summed E-state index contributed by atoms with van der Waals surface area (Å²) < 4.78 is 6.03. The van der Waals surface area contributed by atoms with Crippen LogP contribution in [-0.2, 0) is 4.79 Å². The normalized spacial score (nSPS) is 19.7. The van der Waals surface area contributed by atoms with Crippen LogP contribution in [0.1, 0.15) is 51.5 Å². The number of nitrogens with one attached hydrogen (secondary N) is 2. The summed E-state index contributed by atoms with van der Waals surface area (Å²) in [4.78, 5) is 12.5. The van der Waals surface area contributed by atoms with Crippen LogP contribution in [0.15, 0.2) is 24.3 Å². The molecule has 122 valence electrons. The number of amides is 1. The van der Waals surface area contributed by atoms with Crippen molar-refractivity contribution in [3.63, 3.8) is 0 Å². The van der Waals surface area contributed by atoms with Crippen LogP contribution in [-0.4, -0.2) is 31.1 Å². The molecule has 2 rings (SSSR count). The maximum Gasteiger partial charge on any atom is 0.261 e. The number of hydrogen-bond donors (Lipinski definition) is 2. The van der Waals surface area contributed by atoms with Gasteiger partial charge in [0.25, 0.3) is 5.91 Å². The van der Waals surface area contributed by atoms with Crippen LogP contribution in [0.2, 0.25) is 0 Å². The van der Waals surface area contributed by atoms with E-state index in [1.807, 2.05) is 25.1 Å². The lowest BCUT2D eigenvalue weighted by Crippen LogP contribution is -2.49. The van der Waals surface area contributed by atoms with E-state index in [0.717, 1.165) is 37.2 Å². The molecule has 0 bridgehead atoms. The molecule has 1 aliphatic rings. The quantitative estimate of drug-likeness (QED) is 0.849. The molecular formula is C18H28N2O2. The Hall–Kier alpha value is -1.55. The third kappa shape index (κ3) is 4.47. The number of carbonyl (C=O) groups is 1. The summed E-state index contributed by atoms with van der Waals surface area (Å²) in [6.07, 6.45) is 2.39. The Kier molecular flexibility index (Phi) is 6.25. The fraction of sp³-hybridized carbons (Fsp3) is 0.611. The Balaban J connectivity index is 2.00. The van der Waals surface area contributed by atoms with Gasteiger partial charge in [-0.2, -0.15) is 0 Å². The maximum absolute atomic E-state index is 12.5. The molecule has 1 aromatic carbocycles. The molecule has 1 saturated heterocycles. The number of para-hydroxylation sites is 1. The minimum atomic E-state index is -0.429. The van der Waals surface area contributed by atoms with Gasteiger partial charge in [0.1, 0.15) is 5.75 Å². The average molecular weight is 304 g/mol. The molecule has 1 unspecified atom stereocenters. The highest BCUT2D eigenvalue weighted by molar-refractivity contribution is 5.81. The van der Waals surface area contributed by atoms with Gasteiger partial charge in [0.15, 0.2) is 6.10 Å². The summed E-state index contributed by atoms with van der Waals surface area (Å²) in [5, 5.41) is 6.43. The zero-order chi connectivity index (χ0) is 15.9. The van der Waals surface area contributed by atoms with Crippen LogP contribution < -0.4 is 15.4 Å². The molecule has 1 amide bonds. The van der Waals surface area contributed by atoms with Crippen LogP contribution in [0.5, 0.6) is 5.75 Å².